The number of aromatic nitrogens is 3. The first-order chi connectivity index (χ1) is 24.5. The number of sulfonamides is 1. The molecule has 2 aromatic heterocycles. The van der Waals surface area contributed by atoms with E-state index in [0.717, 1.165) is 10.7 Å². The summed E-state index contributed by atoms with van der Waals surface area (Å²) >= 11 is 1.53. The van der Waals surface area contributed by atoms with E-state index >= 15 is 0 Å². The van der Waals surface area contributed by atoms with Crippen molar-refractivity contribution in [2.45, 2.75) is 57.4 Å². The van der Waals surface area contributed by atoms with E-state index in [-0.39, 0.29) is 49.5 Å². The monoisotopic (exact) mass is 743 g/mol. The number of carbonyl (C=O) groups excluding carboxylic acids is 1. The Morgan fingerprint density at radius 2 is 1.90 bits per heavy atom. The van der Waals surface area contributed by atoms with Gasteiger partial charge in [-0.3, -0.25) is 0 Å². The highest BCUT2D eigenvalue weighted by molar-refractivity contribution is 7.89. The molecule has 1 unspecified atom stereocenters. The van der Waals surface area contributed by atoms with Gasteiger partial charge in [0.15, 0.2) is 11.5 Å². The van der Waals surface area contributed by atoms with Gasteiger partial charge in [0.1, 0.15) is 25.1 Å². The number of nitrogens with zero attached hydrogens (tertiary/aromatic N) is 4. The van der Waals surface area contributed by atoms with Crippen LogP contribution in [-0.2, 0) is 43.9 Å². The van der Waals surface area contributed by atoms with Gasteiger partial charge in [-0.05, 0) is 49.1 Å². The molecule has 0 saturated carbocycles. The Labute approximate surface area is 300 Å². The number of nitrogens with one attached hydrogen (secondary N) is 1. The topological polar surface area (TPSA) is 181 Å². The van der Waals surface area contributed by atoms with Gasteiger partial charge in [0.05, 0.1) is 41.1 Å². The minimum Gasteiger partial charge on any atom is -0.487 e. The summed E-state index contributed by atoms with van der Waals surface area (Å²) in [6, 6.07) is 10.3. The van der Waals surface area contributed by atoms with E-state index in [4.69, 9.17) is 23.7 Å². The van der Waals surface area contributed by atoms with Crippen LogP contribution in [0.5, 0.6) is 17.2 Å². The number of fused-ring (bicyclic) bond motifs is 1. The lowest BCUT2D eigenvalue weighted by Gasteiger charge is -2.32. The van der Waals surface area contributed by atoms with Crippen LogP contribution < -0.4 is 19.5 Å². The minimum absolute atomic E-state index is 0.0297. The van der Waals surface area contributed by atoms with E-state index in [2.05, 4.69) is 15.3 Å². The van der Waals surface area contributed by atoms with Crippen molar-refractivity contribution in [2.24, 2.45) is 5.92 Å². The third kappa shape index (κ3) is 10.9. The average Bonchev–Trinajstić information content (AvgIpc) is 3.87. The van der Waals surface area contributed by atoms with Crippen molar-refractivity contribution in [1.29, 1.82) is 0 Å². The second-order valence-corrected chi connectivity index (χ2v) is 15.2. The molecule has 5 rings (SSSR count). The summed E-state index contributed by atoms with van der Waals surface area (Å²) in [5.41, 5.74) is 1.50. The number of hydrogen-bond donors (Lipinski definition) is 2. The van der Waals surface area contributed by atoms with E-state index in [1.165, 1.54) is 33.8 Å². The molecule has 3 heterocycles. The summed E-state index contributed by atoms with van der Waals surface area (Å²) in [6.45, 7) is 5.77. The van der Waals surface area contributed by atoms with Crippen LogP contribution in [0.15, 0.2) is 71.5 Å². The fraction of sp³-hybridized carbons (Fsp3) is 0.412. The fourth-order valence-corrected chi connectivity index (χ4v) is 7.53. The van der Waals surface area contributed by atoms with Crippen LogP contribution in [0.25, 0.3) is 0 Å². The summed E-state index contributed by atoms with van der Waals surface area (Å²) in [5, 5.41) is 15.2. The molecule has 274 valence electrons. The lowest BCUT2D eigenvalue weighted by molar-refractivity contribution is -0.156. The van der Waals surface area contributed by atoms with E-state index in [0.29, 0.717) is 30.2 Å². The number of esters is 1. The number of rotatable bonds is 19. The van der Waals surface area contributed by atoms with Crippen molar-refractivity contribution in [1.82, 2.24) is 24.2 Å². The van der Waals surface area contributed by atoms with E-state index < -0.39 is 40.8 Å². The maximum Gasteiger partial charge on any atom is 0.405 e. The van der Waals surface area contributed by atoms with Crippen LogP contribution in [0.2, 0.25) is 0 Å². The zero-order valence-corrected chi connectivity index (χ0v) is 30.1. The fourth-order valence-electron chi connectivity index (χ4n) is 5.30. The maximum atomic E-state index is 14.1. The Balaban J connectivity index is 1.37. The molecular formula is C34H41N5O10S2. The van der Waals surface area contributed by atoms with Gasteiger partial charge >= 0.3 is 12.1 Å². The lowest BCUT2D eigenvalue weighted by Crippen LogP contribution is -2.52. The summed E-state index contributed by atoms with van der Waals surface area (Å²) in [7, 11) is -4.19. The van der Waals surface area contributed by atoms with Gasteiger partial charge in [0.25, 0.3) is 0 Å². The molecule has 51 heavy (non-hydrogen) atoms. The lowest BCUT2D eigenvalue weighted by atomic mass is 10.0. The number of thiazole rings is 1. The Kier molecular flexibility index (Phi) is 12.9. The first kappa shape index (κ1) is 37.5. The molecule has 1 aliphatic rings. The van der Waals surface area contributed by atoms with Crippen molar-refractivity contribution in [3.05, 3.63) is 82.8 Å². The van der Waals surface area contributed by atoms with Crippen LogP contribution in [0, 0.1) is 12.8 Å². The predicted molar refractivity (Wildman–Crippen MR) is 185 cm³/mol. The standard InChI is InChI=1S/C34H41N5O10S2/c1-23(2)16-39(51(43,44)28-8-9-30-31(15-28)48-22-47-30)17-32(49-33(40)19-45-13-12-38-11-10-35-21-38)29(37-34(41)42)14-25-4-6-27(7-5-25)46-18-26-20-50-24(3)36-26/h4-11,15,20-21,23,29,32,37H,12-14,16-19,22H2,1-3H3,(H,41,42)/t29-,32?/m0/s1. The van der Waals surface area contributed by atoms with Gasteiger partial charge in [-0.25, -0.2) is 28.0 Å². The van der Waals surface area contributed by atoms with Crippen LogP contribution >= 0.6 is 11.3 Å². The third-order valence-corrected chi connectivity index (χ3v) is 10.3. The van der Waals surface area contributed by atoms with Crippen LogP contribution in [0.3, 0.4) is 0 Å². The number of carboxylic acid groups (broad SMARTS) is 1. The number of imidazole rings is 1. The first-order valence-corrected chi connectivity index (χ1v) is 18.5. The number of carbonyl (C=O) groups is 2. The molecule has 2 atom stereocenters. The van der Waals surface area contributed by atoms with Crippen molar-refractivity contribution in [2.75, 3.05) is 33.1 Å². The highest BCUT2D eigenvalue weighted by Crippen LogP contribution is 2.35. The Bertz CT molecular complexity index is 1850. The Morgan fingerprint density at radius 3 is 2.59 bits per heavy atom. The quantitative estimate of drug-likeness (QED) is 0.104. The molecule has 2 aromatic carbocycles. The molecule has 0 radical (unpaired) electrons. The van der Waals surface area contributed by atoms with Gasteiger partial charge in [0.2, 0.25) is 16.8 Å². The Morgan fingerprint density at radius 1 is 1.12 bits per heavy atom. The predicted octanol–water partition coefficient (Wildman–Crippen LogP) is 4.11. The van der Waals surface area contributed by atoms with Gasteiger partial charge in [-0.15, -0.1) is 11.3 Å². The number of benzene rings is 2. The Hall–Kier alpha value is -4.71. The number of aryl methyl sites for hydroxylation is 1. The highest BCUT2D eigenvalue weighted by Gasteiger charge is 2.35. The van der Waals surface area contributed by atoms with Crippen molar-refractivity contribution in [3.8, 4) is 17.2 Å². The number of hydrogen-bond acceptors (Lipinski definition) is 12. The van der Waals surface area contributed by atoms with Gasteiger partial charge in [-0.2, -0.15) is 4.31 Å². The molecule has 2 N–H and O–H groups in total. The summed E-state index contributed by atoms with van der Waals surface area (Å²) in [6.07, 6.45) is 2.44. The van der Waals surface area contributed by atoms with Crippen molar-refractivity contribution >= 4 is 33.4 Å². The largest absolute Gasteiger partial charge is 0.487 e. The van der Waals surface area contributed by atoms with Crippen molar-refractivity contribution in [3.63, 3.8) is 0 Å². The minimum atomic E-state index is -4.19. The smallest absolute Gasteiger partial charge is 0.405 e. The molecule has 17 heteroatoms. The van der Waals surface area contributed by atoms with Gasteiger partial charge in [-0.1, -0.05) is 26.0 Å². The molecule has 1 aliphatic heterocycles. The zero-order valence-electron chi connectivity index (χ0n) is 28.5. The maximum absolute atomic E-state index is 14.1. The van der Waals surface area contributed by atoms with E-state index in [1.54, 1.807) is 47.6 Å². The molecule has 0 spiro atoms. The third-order valence-electron chi connectivity index (χ3n) is 7.68. The molecule has 0 aliphatic carbocycles. The molecule has 4 aromatic rings. The van der Waals surface area contributed by atoms with Gasteiger partial charge in [0, 0.05) is 36.9 Å². The average molecular weight is 744 g/mol. The summed E-state index contributed by atoms with van der Waals surface area (Å²) in [5.74, 6) is 0.374. The molecule has 0 bridgehead atoms. The molecular weight excluding hydrogens is 703 g/mol. The second kappa shape index (κ2) is 17.5. The second-order valence-electron chi connectivity index (χ2n) is 12.2. The zero-order chi connectivity index (χ0) is 36.4. The van der Waals surface area contributed by atoms with E-state index in [9.17, 15) is 23.1 Å². The molecule has 0 saturated heterocycles. The summed E-state index contributed by atoms with van der Waals surface area (Å²) < 4.78 is 59.2. The SMILES string of the molecule is Cc1nc(COc2ccc(C[C@H](NC(=O)O)C(CN(CC(C)C)S(=O)(=O)c3ccc4c(c3)OCO4)OC(=O)COCCn3ccnc3)cc2)cs1. The van der Waals surface area contributed by atoms with Crippen molar-refractivity contribution < 1.29 is 46.8 Å². The number of amides is 1. The molecule has 15 nitrogen and oxygen atoms in total. The van der Waals surface area contributed by atoms with Crippen LogP contribution in [0.1, 0.15) is 30.1 Å². The number of ether oxygens (including phenoxy) is 5. The van der Waals surface area contributed by atoms with E-state index in [1.807, 2.05) is 26.2 Å². The summed E-state index contributed by atoms with van der Waals surface area (Å²) in [4.78, 5) is 33.6. The van der Waals surface area contributed by atoms with Crippen LogP contribution in [0.4, 0.5) is 4.79 Å². The molecule has 1 amide bonds. The highest BCUT2D eigenvalue weighted by atomic mass is 32.2. The first-order valence-electron chi connectivity index (χ1n) is 16.2. The molecule has 0 fully saturated rings. The normalized spacial score (nSPS) is 13.7. The van der Waals surface area contributed by atoms with Crippen LogP contribution in [-0.4, -0.2) is 89.7 Å². The van der Waals surface area contributed by atoms with Gasteiger partial charge < -0.3 is 38.7 Å².